The molecule has 3 rings (SSSR count). The van der Waals surface area contributed by atoms with Crippen LogP contribution in [0.5, 0.6) is 17.2 Å². The van der Waals surface area contributed by atoms with Crippen molar-refractivity contribution in [1.82, 2.24) is 4.90 Å². The van der Waals surface area contributed by atoms with Crippen molar-refractivity contribution in [3.05, 3.63) is 64.7 Å². The van der Waals surface area contributed by atoms with Crippen LogP contribution in [0, 0.1) is 0 Å². The van der Waals surface area contributed by atoms with Crippen LogP contribution in [-0.2, 0) is 6.54 Å². The highest BCUT2D eigenvalue weighted by Gasteiger charge is 2.18. The van der Waals surface area contributed by atoms with E-state index in [9.17, 15) is 4.79 Å². The fourth-order valence-electron chi connectivity index (χ4n) is 3.19. The predicted octanol–water partition coefficient (Wildman–Crippen LogP) is 5.18. The van der Waals surface area contributed by atoms with Crippen molar-refractivity contribution in [2.45, 2.75) is 13.5 Å². The van der Waals surface area contributed by atoms with Crippen LogP contribution < -0.4 is 14.2 Å². The maximum Gasteiger partial charge on any atom is 0.254 e. The van der Waals surface area contributed by atoms with Crippen LogP contribution in [0.2, 0.25) is 5.02 Å². The number of methoxy groups -OCH3 is 2. The largest absolute Gasteiger partial charge is 0.497 e. The van der Waals surface area contributed by atoms with E-state index in [4.69, 9.17) is 25.8 Å². The molecule has 1 amide bonds. The SMILES string of the molecule is CCOc1c(Cl)cc(C(=O)N(C)Cc2ccc3cc(OC)ccc3c2)cc1OC. The molecule has 0 radical (unpaired) electrons. The molecule has 0 bridgehead atoms. The number of benzene rings is 3. The standard InChI is InChI=1S/C23H24ClNO4/c1-5-29-22-20(24)12-18(13-21(22)28-4)23(26)25(2)14-15-6-7-17-11-19(27-3)9-8-16(17)10-15/h6-13H,5,14H2,1-4H3. The average Bonchev–Trinajstić information content (AvgIpc) is 2.74. The molecule has 6 heteroatoms. The Labute approximate surface area is 175 Å². The van der Waals surface area contributed by atoms with Gasteiger partial charge in [-0.2, -0.15) is 0 Å². The lowest BCUT2D eigenvalue weighted by Gasteiger charge is -2.19. The first-order valence-corrected chi connectivity index (χ1v) is 9.67. The number of rotatable bonds is 7. The number of fused-ring (bicyclic) bond motifs is 1. The van der Waals surface area contributed by atoms with Gasteiger partial charge in [0.2, 0.25) is 0 Å². The van der Waals surface area contributed by atoms with E-state index in [1.807, 2.05) is 37.3 Å². The molecule has 0 aliphatic rings. The Morgan fingerprint density at radius 2 is 1.72 bits per heavy atom. The van der Waals surface area contributed by atoms with Gasteiger partial charge in [0, 0.05) is 19.2 Å². The van der Waals surface area contributed by atoms with E-state index in [1.165, 1.54) is 7.11 Å². The molecule has 0 aromatic heterocycles. The van der Waals surface area contributed by atoms with Gasteiger partial charge >= 0.3 is 0 Å². The summed E-state index contributed by atoms with van der Waals surface area (Å²) in [6.07, 6.45) is 0. The number of nitrogens with zero attached hydrogens (tertiary/aromatic N) is 1. The van der Waals surface area contributed by atoms with Crippen molar-refractivity contribution in [1.29, 1.82) is 0 Å². The minimum atomic E-state index is -0.150. The first-order valence-electron chi connectivity index (χ1n) is 9.29. The van der Waals surface area contributed by atoms with Gasteiger partial charge in [-0.1, -0.05) is 29.8 Å². The minimum absolute atomic E-state index is 0.150. The molecule has 0 aliphatic carbocycles. The highest BCUT2D eigenvalue weighted by molar-refractivity contribution is 6.32. The topological polar surface area (TPSA) is 48.0 Å². The van der Waals surface area contributed by atoms with Crippen LogP contribution in [0.1, 0.15) is 22.8 Å². The Morgan fingerprint density at radius 3 is 2.41 bits per heavy atom. The maximum absolute atomic E-state index is 12.9. The number of hydrogen-bond donors (Lipinski definition) is 0. The first kappa shape index (κ1) is 20.8. The van der Waals surface area contributed by atoms with Gasteiger partial charge in [0.15, 0.2) is 11.5 Å². The lowest BCUT2D eigenvalue weighted by molar-refractivity contribution is 0.0784. The lowest BCUT2D eigenvalue weighted by Crippen LogP contribution is -2.26. The van der Waals surface area contributed by atoms with E-state index < -0.39 is 0 Å². The molecule has 3 aromatic carbocycles. The molecule has 0 atom stereocenters. The van der Waals surface area contributed by atoms with Gasteiger partial charge < -0.3 is 19.1 Å². The van der Waals surface area contributed by atoms with Gasteiger partial charge in [-0.15, -0.1) is 0 Å². The second-order valence-electron chi connectivity index (χ2n) is 6.63. The molecular formula is C23H24ClNO4. The van der Waals surface area contributed by atoms with Crippen LogP contribution in [0.25, 0.3) is 10.8 Å². The van der Waals surface area contributed by atoms with Crippen molar-refractivity contribution in [3.63, 3.8) is 0 Å². The highest BCUT2D eigenvalue weighted by Crippen LogP contribution is 2.36. The van der Waals surface area contributed by atoms with E-state index >= 15 is 0 Å². The van der Waals surface area contributed by atoms with Crippen molar-refractivity contribution in [2.75, 3.05) is 27.9 Å². The van der Waals surface area contributed by atoms with Crippen LogP contribution in [0.3, 0.4) is 0 Å². The maximum atomic E-state index is 12.9. The Morgan fingerprint density at radius 1 is 1.00 bits per heavy atom. The van der Waals surface area contributed by atoms with Gasteiger partial charge in [-0.3, -0.25) is 4.79 Å². The van der Waals surface area contributed by atoms with Gasteiger partial charge in [0.05, 0.1) is 25.8 Å². The van der Waals surface area contributed by atoms with Crippen molar-refractivity contribution < 1.29 is 19.0 Å². The molecule has 29 heavy (non-hydrogen) atoms. The van der Waals surface area contributed by atoms with E-state index in [-0.39, 0.29) is 5.91 Å². The zero-order valence-electron chi connectivity index (χ0n) is 17.0. The zero-order chi connectivity index (χ0) is 21.0. The Balaban J connectivity index is 1.81. The summed E-state index contributed by atoms with van der Waals surface area (Å²) in [5.74, 6) is 1.55. The summed E-state index contributed by atoms with van der Waals surface area (Å²) in [6, 6.07) is 15.3. The third-order valence-corrected chi connectivity index (χ3v) is 4.92. The lowest BCUT2D eigenvalue weighted by atomic mass is 10.1. The quantitative estimate of drug-likeness (QED) is 0.535. The molecule has 152 valence electrons. The average molecular weight is 414 g/mol. The molecule has 0 heterocycles. The zero-order valence-corrected chi connectivity index (χ0v) is 17.7. The van der Waals surface area contributed by atoms with E-state index in [0.29, 0.717) is 35.2 Å². The predicted molar refractivity (Wildman–Crippen MR) is 115 cm³/mol. The van der Waals surface area contributed by atoms with E-state index in [2.05, 4.69) is 6.07 Å². The van der Waals surface area contributed by atoms with Crippen molar-refractivity contribution >= 4 is 28.3 Å². The normalized spacial score (nSPS) is 10.7. The van der Waals surface area contributed by atoms with Gasteiger partial charge in [-0.05, 0) is 53.6 Å². The van der Waals surface area contributed by atoms with Crippen LogP contribution in [-0.4, -0.2) is 38.7 Å². The number of halogens is 1. The molecule has 5 nitrogen and oxygen atoms in total. The fourth-order valence-corrected chi connectivity index (χ4v) is 3.46. The molecule has 0 fully saturated rings. The Kier molecular flexibility index (Phi) is 6.49. The van der Waals surface area contributed by atoms with Crippen LogP contribution in [0.4, 0.5) is 0 Å². The summed E-state index contributed by atoms with van der Waals surface area (Å²) in [5, 5.41) is 2.53. The molecule has 0 spiro atoms. The van der Waals surface area contributed by atoms with Crippen molar-refractivity contribution in [3.8, 4) is 17.2 Å². The van der Waals surface area contributed by atoms with Gasteiger partial charge in [-0.25, -0.2) is 0 Å². The van der Waals surface area contributed by atoms with Crippen molar-refractivity contribution in [2.24, 2.45) is 0 Å². The monoisotopic (exact) mass is 413 g/mol. The summed E-state index contributed by atoms with van der Waals surface area (Å²) in [5.41, 5.74) is 1.48. The highest BCUT2D eigenvalue weighted by atomic mass is 35.5. The summed E-state index contributed by atoms with van der Waals surface area (Å²) in [7, 11) is 4.94. The Hall–Kier alpha value is -2.92. The van der Waals surface area contributed by atoms with E-state index in [1.54, 1.807) is 31.2 Å². The summed E-state index contributed by atoms with van der Waals surface area (Å²) in [4.78, 5) is 14.6. The molecule has 0 saturated carbocycles. The molecule has 3 aromatic rings. The van der Waals surface area contributed by atoms with Gasteiger partial charge in [0.25, 0.3) is 5.91 Å². The third-order valence-electron chi connectivity index (χ3n) is 4.64. The van der Waals surface area contributed by atoms with E-state index in [0.717, 1.165) is 22.1 Å². The molecular weight excluding hydrogens is 390 g/mol. The third kappa shape index (κ3) is 4.57. The fraction of sp³-hybridized carbons (Fsp3) is 0.261. The smallest absolute Gasteiger partial charge is 0.254 e. The second kappa shape index (κ2) is 9.05. The molecule has 0 saturated heterocycles. The summed E-state index contributed by atoms with van der Waals surface area (Å²) in [6.45, 7) is 2.79. The molecule has 0 aliphatic heterocycles. The first-order chi connectivity index (χ1) is 14.0. The van der Waals surface area contributed by atoms with Gasteiger partial charge in [0.1, 0.15) is 5.75 Å². The molecule has 0 N–H and O–H groups in total. The number of carbonyl (C=O) groups is 1. The minimum Gasteiger partial charge on any atom is -0.497 e. The number of hydrogen-bond acceptors (Lipinski definition) is 4. The second-order valence-corrected chi connectivity index (χ2v) is 7.04. The van der Waals surface area contributed by atoms with Crippen LogP contribution in [0.15, 0.2) is 48.5 Å². The van der Waals surface area contributed by atoms with Crippen LogP contribution >= 0.6 is 11.6 Å². The summed E-state index contributed by atoms with van der Waals surface area (Å²) >= 11 is 6.31. The Bertz CT molecular complexity index is 1030. The summed E-state index contributed by atoms with van der Waals surface area (Å²) < 4.78 is 16.1. The number of ether oxygens (including phenoxy) is 3. The molecule has 0 unspecified atom stereocenters. The number of carbonyl (C=O) groups excluding carboxylic acids is 1. The number of amides is 1.